The fourth-order valence-corrected chi connectivity index (χ4v) is 2.17. The smallest absolute Gasteiger partial charge is 0.280 e. The first-order chi connectivity index (χ1) is 8.99. The number of aromatic amines is 1. The van der Waals surface area contributed by atoms with Crippen LogP contribution in [0.25, 0.3) is 0 Å². The van der Waals surface area contributed by atoms with Gasteiger partial charge in [0.1, 0.15) is 10.3 Å². The summed E-state index contributed by atoms with van der Waals surface area (Å²) in [5, 5.41) is 9.13. The second-order valence-electron chi connectivity index (χ2n) is 4.32. The lowest BCUT2D eigenvalue weighted by molar-refractivity contribution is 0.608. The van der Waals surface area contributed by atoms with Crippen molar-refractivity contribution in [1.29, 1.82) is 0 Å². The van der Waals surface area contributed by atoms with Crippen LogP contribution in [0.1, 0.15) is 16.7 Å². The van der Waals surface area contributed by atoms with Crippen LogP contribution in [-0.2, 0) is 6.54 Å². The summed E-state index contributed by atoms with van der Waals surface area (Å²) < 4.78 is 13.9. The molecule has 4 nitrogen and oxygen atoms in total. The van der Waals surface area contributed by atoms with Crippen molar-refractivity contribution in [2.75, 3.05) is 5.32 Å². The molecule has 0 saturated carbocycles. The van der Waals surface area contributed by atoms with Crippen molar-refractivity contribution in [1.82, 2.24) is 10.2 Å². The lowest BCUT2D eigenvalue weighted by Gasteiger charge is -2.10. The van der Waals surface area contributed by atoms with Gasteiger partial charge in [-0.3, -0.25) is 4.79 Å². The predicted molar refractivity (Wildman–Crippen MR) is 75.8 cm³/mol. The van der Waals surface area contributed by atoms with Crippen LogP contribution in [-0.4, -0.2) is 10.2 Å². The third kappa shape index (κ3) is 3.01. The Balaban J connectivity index is 2.19. The molecule has 0 aliphatic rings. The first-order valence-corrected chi connectivity index (χ1v) is 6.51. The number of H-pyrrole nitrogens is 1. The van der Waals surface area contributed by atoms with Crippen LogP contribution >= 0.6 is 15.9 Å². The molecule has 0 atom stereocenters. The van der Waals surface area contributed by atoms with Gasteiger partial charge < -0.3 is 5.32 Å². The van der Waals surface area contributed by atoms with Crippen molar-refractivity contribution in [2.45, 2.75) is 20.4 Å². The van der Waals surface area contributed by atoms with Crippen LogP contribution in [0.2, 0.25) is 0 Å². The van der Waals surface area contributed by atoms with E-state index in [1.807, 2.05) is 0 Å². The Labute approximate surface area is 118 Å². The molecule has 0 aliphatic carbocycles. The van der Waals surface area contributed by atoms with E-state index in [-0.39, 0.29) is 11.4 Å². The average Bonchev–Trinajstić information content (AvgIpc) is 2.37. The Morgan fingerprint density at radius 1 is 1.37 bits per heavy atom. The monoisotopic (exact) mass is 325 g/mol. The molecule has 6 heteroatoms. The SMILES string of the molecule is Cc1cc(CNc2cn[nH]c(=O)c2Br)cc(C)c1F. The molecule has 2 aromatic rings. The molecule has 0 unspecified atom stereocenters. The number of halogens is 2. The minimum absolute atomic E-state index is 0.178. The van der Waals surface area contributed by atoms with Gasteiger partial charge in [0.15, 0.2) is 0 Å². The van der Waals surface area contributed by atoms with Crippen LogP contribution in [0.15, 0.2) is 27.6 Å². The zero-order valence-electron chi connectivity index (χ0n) is 10.6. The summed E-state index contributed by atoms with van der Waals surface area (Å²) in [6.07, 6.45) is 1.52. The molecule has 1 aromatic heterocycles. The Morgan fingerprint density at radius 2 is 2.00 bits per heavy atom. The average molecular weight is 326 g/mol. The first-order valence-electron chi connectivity index (χ1n) is 5.71. The predicted octanol–water partition coefficient (Wildman–Crippen LogP) is 2.90. The van der Waals surface area contributed by atoms with Crippen molar-refractivity contribution in [2.24, 2.45) is 0 Å². The first kappa shape index (κ1) is 13.7. The number of nitrogens with zero attached hydrogens (tertiary/aromatic N) is 1. The van der Waals surface area contributed by atoms with E-state index >= 15 is 0 Å². The quantitative estimate of drug-likeness (QED) is 0.912. The summed E-state index contributed by atoms with van der Waals surface area (Å²) in [5.74, 6) is -0.178. The number of benzene rings is 1. The van der Waals surface area contributed by atoms with E-state index < -0.39 is 0 Å². The molecular formula is C13H13BrFN3O. The van der Waals surface area contributed by atoms with Gasteiger partial charge in [-0.05, 0) is 46.5 Å². The maximum absolute atomic E-state index is 13.5. The van der Waals surface area contributed by atoms with E-state index in [1.165, 1.54) is 6.20 Å². The molecule has 1 aromatic carbocycles. The van der Waals surface area contributed by atoms with Gasteiger partial charge in [-0.15, -0.1) is 0 Å². The normalized spacial score (nSPS) is 10.5. The van der Waals surface area contributed by atoms with Crippen molar-refractivity contribution in [3.05, 3.63) is 55.7 Å². The summed E-state index contributed by atoms with van der Waals surface area (Å²) >= 11 is 3.19. The summed E-state index contributed by atoms with van der Waals surface area (Å²) in [4.78, 5) is 11.3. The van der Waals surface area contributed by atoms with E-state index in [2.05, 4.69) is 31.4 Å². The maximum atomic E-state index is 13.5. The summed E-state index contributed by atoms with van der Waals surface area (Å²) in [7, 11) is 0. The van der Waals surface area contributed by atoms with Gasteiger partial charge in [-0.1, -0.05) is 12.1 Å². The molecule has 0 aliphatic heterocycles. The highest BCUT2D eigenvalue weighted by Gasteiger charge is 2.06. The van der Waals surface area contributed by atoms with Gasteiger partial charge in [0, 0.05) is 6.54 Å². The summed E-state index contributed by atoms with van der Waals surface area (Å²) in [6, 6.07) is 3.56. The van der Waals surface area contributed by atoms with E-state index in [1.54, 1.807) is 26.0 Å². The van der Waals surface area contributed by atoms with Gasteiger partial charge in [0.05, 0.1) is 11.9 Å². The minimum atomic E-state index is -0.295. The number of rotatable bonds is 3. The Morgan fingerprint density at radius 3 is 2.63 bits per heavy atom. The molecule has 0 saturated heterocycles. The van der Waals surface area contributed by atoms with Crippen LogP contribution < -0.4 is 10.9 Å². The van der Waals surface area contributed by atoms with Gasteiger partial charge in [-0.25, -0.2) is 9.49 Å². The molecule has 0 fully saturated rings. The molecular weight excluding hydrogens is 313 g/mol. The van der Waals surface area contributed by atoms with E-state index in [0.29, 0.717) is 27.8 Å². The fourth-order valence-electron chi connectivity index (χ4n) is 1.84. The maximum Gasteiger partial charge on any atom is 0.280 e. The topological polar surface area (TPSA) is 57.8 Å². The van der Waals surface area contributed by atoms with Crippen LogP contribution in [0.3, 0.4) is 0 Å². The third-order valence-corrected chi connectivity index (χ3v) is 3.56. The van der Waals surface area contributed by atoms with E-state index in [0.717, 1.165) is 5.56 Å². The molecule has 100 valence electrons. The Hall–Kier alpha value is -1.69. The zero-order valence-corrected chi connectivity index (χ0v) is 12.1. The summed E-state index contributed by atoms with van der Waals surface area (Å²) in [5.41, 5.74) is 2.48. The van der Waals surface area contributed by atoms with Crippen molar-refractivity contribution in [3.8, 4) is 0 Å². The second-order valence-corrected chi connectivity index (χ2v) is 5.12. The standard InChI is InChI=1S/C13H13BrFN3O/c1-7-3-9(4-8(2)12(7)15)5-16-10-6-17-18-13(19)11(10)14/h3-4,6H,5H2,1-2H3,(H2,16,18,19). The Bertz CT molecular complexity index is 646. The lowest BCUT2D eigenvalue weighted by atomic mass is 10.1. The molecule has 0 bridgehead atoms. The van der Waals surface area contributed by atoms with Crippen molar-refractivity contribution >= 4 is 21.6 Å². The molecule has 0 radical (unpaired) electrons. The fraction of sp³-hybridized carbons (Fsp3) is 0.231. The number of aromatic nitrogens is 2. The number of aryl methyl sites for hydroxylation is 2. The number of nitrogens with one attached hydrogen (secondary N) is 2. The van der Waals surface area contributed by atoms with Gasteiger partial charge >= 0.3 is 0 Å². The molecule has 0 amide bonds. The molecule has 2 rings (SSSR count). The molecule has 1 heterocycles. The van der Waals surface area contributed by atoms with Crippen LogP contribution in [0.5, 0.6) is 0 Å². The minimum Gasteiger partial charge on any atom is -0.379 e. The highest BCUT2D eigenvalue weighted by molar-refractivity contribution is 9.10. The second kappa shape index (κ2) is 5.52. The molecule has 19 heavy (non-hydrogen) atoms. The third-order valence-electron chi connectivity index (χ3n) is 2.77. The van der Waals surface area contributed by atoms with E-state index in [4.69, 9.17) is 0 Å². The molecule has 0 spiro atoms. The van der Waals surface area contributed by atoms with Crippen molar-refractivity contribution < 1.29 is 4.39 Å². The zero-order chi connectivity index (χ0) is 14.0. The van der Waals surface area contributed by atoms with E-state index in [9.17, 15) is 9.18 Å². The highest BCUT2D eigenvalue weighted by atomic mass is 79.9. The molecule has 2 N–H and O–H groups in total. The van der Waals surface area contributed by atoms with Gasteiger partial charge in [-0.2, -0.15) is 5.10 Å². The Kier molecular flexibility index (Phi) is 3.99. The largest absolute Gasteiger partial charge is 0.379 e. The number of anilines is 1. The lowest BCUT2D eigenvalue weighted by Crippen LogP contribution is -2.12. The van der Waals surface area contributed by atoms with Gasteiger partial charge in [0.2, 0.25) is 0 Å². The number of hydrogen-bond acceptors (Lipinski definition) is 3. The van der Waals surface area contributed by atoms with Crippen LogP contribution in [0.4, 0.5) is 10.1 Å². The van der Waals surface area contributed by atoms with Crippen molar-refractivity contribution in [3.63, 3.8) is 0 Å². The van der Waals surface area contributed by atoms with Gasteiger partial charge in [0.25, 0.3) is 5.56 Å². The summed E-state index contributed by atoms with van der Waals surface area (Å²) in [6.45, 7) is 3.96. The highest BCUT2D eigenvalue weighted by Crippen LogP contribution is 2.19. The number of hydrogen-bond donors (Lipinski definition) is 2. The van der Waals surface area contributed by atoms with Crippen LogP contribution in [0, 0.1) is 19.7 Å².